The van der Waals surface area contributed by atoms with Crippen LogP contribution in [0.4, 0.5) is 8.78 Å². The Kier molecular flexibility index (Phi) is 4.24. The SMILES string of the molecule is C#CC(O)Cc1ncc(-c2ccc3cc(C)cc(F)c3c2F)cn1. The lowest BCUT2D eigenvalue weighted by Crippen LogP contribution is -2.09. The van der Waals surface area contributed by atoms with E-state index in [2.05, 4.69) is 15.9 Å². The van der Waals surface area contributed by atoms with Gasteiger partial charge in [-0.15, -0.1) is 6.42 Å². The minimum atomic E-state index is -0.967. The number of aliphatic hydroxyl groups is 1. The predicted molar refractivity (Wildman–Crippen MR) is 88.2 cm³/mol. The van der Waals surface area contributed by atoms with E-state index in [9.17, 15) is 13.9 Å². The van der Waals surface area contributed by atoms with E-state index in [1.54, 1.807) is 25.1 Å². The minimum absolute atomic E-state index is 0.0510. The van der Waals surface area contributed by atoms with Gasteiger partial charge in [-0.25, -0.2) is 18.7 Å². The van der Waals surface area contributed by atoms with Crippen molar-refractivity contribution in [2.24, 2.45) is 0 Å². The van der Waals surface area contributed by atoms with E-state index in [4.69, 9.17) is 6.42 Å². The summed E-state index contributed by atoms with van der Waals surface area (Å²) in [5.74, 6) is 1.28. The van der Waals surface area contributed by atoms with Crippen molar-refractivity contribution in [2.45, 2.75) is 19.4 Å². The molecular formula is C19H14F2N2O. The van der Waals surface area contributed by atoms with Crippen molar-refractivity contribution < 1.29 is 13.9 Å². The van der Waals surface area contributed by atoms with Gasteiger partial charge in [-0.1, -0.05) is 24.1 Å². The third-order valence-electron chi connectivity index (χ3n) is 3.74. The zero-order chi connectivity index (χ0) is 17.3. The van der Waals surface area contributed by atoms with Gasteiger partial charge in [0.1, 0.15) is 23.6 Å². The number of hydrogen-bond acceptors (Lipinski definition) is 3. The second-order valence-electron chi connectivity index (χ2n) is 5.55. The van der Waals surface area contributed by atoms with Crippen molar-refractivity contribution in [3.05, 3.63) is 59.7 Å². The van der Waals surface area contributed by atoms with Gasteiger partial charge in [-0.05, 0) is 23.9 Å². The van der Waals surface area contributed by atoms with Crippen molar-refractivity contribution in [1.82, 2.24) is 9.97 Å². The molecular weight excluding hydrogens is 310 g/mol. The minimum Gasteiger partial charge on any atom is -0.380 e. The van der Waals surface area contributed by atoms with Gasteiger partial charge in [0.25, 0.3) is 0 Å². The summed E-state index contributed by atoms with van der Waals surface area (Å²) in [4.78, 5) is 8.15. The van der Waals surface area contributed by atoms with Crippen molar-refractivity contribution in [1.29, 1.82) is 0 Å². The molecule has 0 saturated carbocycles. The Bertz CT molecular complexity index is 946. The molecule has 1 heterocycles. The lowest BCUT2D eigenvalue weighted by molar-refractivity contribution is 0.230. The Balaban J connectivity index is 2.04. The monoisotopic (exact) mass is 324 g/mol. The molecule has 3 aromatic rings. The molecule has 0 spiro atoms. The maximum atomic E-state index is 14.8. The molecule has 0 fully saturated rings. The number of aliphatic hydroxyl groups excluding tert-OH is 1. The first-order chi connectivity index (χ1) is 11.5. The van der Waals surface area contributed by atoms with E-state index in [0.717, 1.165) is 5.56 Å². The van der Waals surface area contributed by atoms with E-state index in [-0.39, 0.29) is 17.4 Å². The summed E-state index contributed by atoms with van der Waals surface area (Å²) < 4.78 is 28.9. The first kappa shape index (κ1) is 16.0. The van der Waals surface area contributed by atoms with Crippen molar-refractivity contribution in [3.8, 4) is 23.5 Å². The van der Waals surface area contributed by atoms with Crippen LogP contribution in [-0.2, 0) is 6.42 Å². The van der Waals surface area contributed by atoms with Crippen LogP contribution in [0.15, 0.2) is 36.7 Å². The lowest BCUT2D eigenvalue weighted by Gasteiger charge is -2.09. The topological polar surface area (TPSA) is 46.0 Å². The van der Waals surface area contributed by atoms with Gasteiger partial charge in [0, 0.05) is 29.9 Å². The molecule has 1 unspecified atom stereocenters. The molecule has 0 saturated heterocycles. The number of aromatic nitrogens is 2. The van der Waals surface area contributed by atoms with Gasteiger partial charge in [0.15, 0.2) is 0 Å². The fourth-order valence-electron chi connectivity index (χ4n) is 2.57. The fourth-order valence-corrected chi connectivity index (χ4v) is 2.57. The lowest BCUT2D eigenvalue weighted by atomic mass is 10.0. The van der Waals surface area contributed by atoms with Crippen LogP contribution in [0.5, 0.6) is 0 Å². The summed E-state index contributed by atoms with van der Waals surface area (Å²) in [6.07, 6.45) is 7.11. The Morgan fingerprint density at radius 2 is 1.92 bits per heavy atom. The Labute approximate surface area is 138 Å². The van der Waals surface area contributed by atoms with Gasteiger partial charge in [0.2, 0.25) is 0 Å². The highest BCUT2D eigenvalue weighted by Crippen LogP contribution is 2.30. The van der Waals surface area contributed by atoms with Crippen LogP contribution in [0.3, 0.4) is 0 Å². The van der Waals surface area contributed by atoms with Crippen LogP contribution in [0.2, 0.25) is 0 Å². The van der Waals surface area contributed by atoms with Crippen molar-refractivity contribution >= 4 is 10.8 Å². The number of fused-ring (bicyclic) bond motifs is 1. The molecule has 2 aromatic carbocycles. The summed E-state index contributed by atoms with van der Waals surface area (Å²) in [7, 11) is 0. The molecule has 0 aliphatic carbocycles. The normalized spacial score (nSPS) is 12.1. The molecule has 1 aromatic heterocycles. The van der Waals surface area contributed by atoms with Crippen molar-refractivity contribution in [2.75, 3.05) is 0 Å². The standard InChI is InChI=1S/C19H14F2N2O/c1-3-14(24)8-17-22-9-13(10-23-17)15-5-4-12-6-11(2)7-16(20)18(12)19(15)21/h1,4-7,9-10,14,24H,8H2,2H3. The van der Waals surface area contributed by atoms with Crippen LogP contribution < -0.4 is 0 Å². The van der Waals surface area contributed by atoms with Crippen LogP contribution in [0.25, 0.3) is 21.9 Å². The number of rotatable bonds is 3. The largest absolute Gasteiger partial charge is 0.380 e. The number of benzene rings is 2. The zero-order valence-corrected chi connectivity index (χ0v) is 12.9. The summed E-state index contributed by atoms with van der Waals surface area (Å²) >= 11 is 0. The van der Waals surface area contributed by atoms with Gasteiger partial charge >= 0.3 is 0 Å². The van der Waals surface area contributed by atoms with Crippen LogP contribution in [0, 0.1) is 30.9 Å². The Morgan fingerprint density at radius 1 is 1.21 bits per heavy atom. The molecule has 0 aliphatic rings. The van der Waals surface area contributed by atoms with E-state index in [1.165, 1.54) is 18.5 Å². The number of halogens is 2. The summed E-state index contributed by atoms with van der Waals surface area (Å²) in [5.41, 5.74) is 1.37. The maximum absolute atomic E-state index is 14.8. The second kappa shape index (κ2) is 6.34. The number of aryl methyl sites for hydroxylation is 1. The van der Waals surface area contributed by atoms with E-state index in [1.807, 2.05) is 0 Å². The van der Waals surface area contributed by atoms with Crippen LogP contribution in [0.1, 0.15) is 11.4 Å². The van der Waals surface area contributed by atoms with E-state index < -0.39 is 17.7 Å². The van der Waals surface area contributed by atoms with E-state index >= 15 is 0 Å². The van der Waals surface area contributed by atoms with Gasteiger partial charge in [-0.3, -0.25) is 0 Å². The molecule has 0 radical (unpaired) electrons. The highest BCUT2D eigenvalue weighted by molar-refractivity contribution is 5.89. The van der Waals surface area contributed by atoms with E-state index in [0.29, 0.717) is 16.8 Å². The molecule has 0 amide bonds. The maximum Gasteiger partial charge on any atom is 0.141 e. The molecule has 1 atom stereocenters. The predicted octanol–water partition coefficient (Wildman–Crippen LogP) is 3.42. The molecule has 120 valence electrons. The molecule has 0 bridgehead atoms. The number of nitrogens with zero attached hydrogens (tertiary/aromatic N) is 2. The Morgan fingerprint density at radius 3 is 2.58 bits per heavy atom. The van der Waals surface area contributed by atoms with Crippen molar-refractivity contribution in [3.63, 3.8) is 0 Å². The first-order valence-electron chi connectivity index (χ1n) is 7.33. The molecule has 1 N–H and O–H groups in total. The average Bonchev–Trinajstić information content (AvgIpc) is 2.55. The van der Waals surface area contributed by atoms with Gasteiger partial charge in [-0.2, -0.15) is 0 Å². The van der Waals surface area contributed by atoms with Gasteiger partial charge in [0.05, 0.1) is 5.39 Å². The first-order valence-corrected chi connectivity index (χ1v) is 7.33. The Hall–Kier alpha value is -2.84. The quantitative estimate of drug-likeness (QED) is 0.751. The molecule has 0 aliphatic heterocycles. The van der Waals surface area contributed by atoms with Crippen LogP contribution >= 0.6 is 0 Å². The fraction of sp³-hybridized carbons (Fsp3) is 0.158. The number of terminal acetylenes is 1. The van der Waals surface area contributed by atoms with Crippen LogP contribution in [-0.4, -0.2) is 21.2 Å². The highest BCUT2D eigenvalue weighted by atomic mass is 19.1. The average molecular weight is 324 g/mol. The zero-order valence-electron chi connectivity index (χ0n) is 12.9. The summed E-state index contributed by atoms with van der Waals surface area (Å²) in [5, 5.41) is 9.85. The number of hydrogen-bond donors (Lipinski definition) is 1. The second-order valence-corrected chi connectivity index (χ2v) is 5.55. The third kappa shape index (κ3) is 2.97. The van der Waals surface area contributed by atoms with Gasteiger partial charge < -0.3 is 5.11 Å². The highest BCUT2D eigenvalue weighted by Gasteiger charge is 2.14. The molecule has 24 heavy (non-hydrogen) atoms. The summed E-state index contributed by atoms with van der Waals surface area (Å²) in [6, 6.07) is 6.27. The summed E-state index contributed by atoms with van der Waals surface area (Å²) in [6.45, 7) is 1.76. The third-order valence-corrected chi connectivity index (χ3v) is 3.74. The molecule has 5 heteroatoms. The smallest absolute Gasteiger partial charge is 0.141 e. The molecule has 3 rings (SSSR count). The molecule has 3 nitrogen and oxygen atoms in total.